The van der Waals surface area contributed by atoms with Gasteiger partial charge in [0.15, 0.2) is 0 Å². The number of aliphatic carboxylic acids is 2. The molecule has 0 saturated heterocycles. The summed E-state index contributed by atoms with van der Waals surface area (Å²) in [5.41, 5.74) is 0.924. The van der Waals surface area contributed by atoms with Gasteiger partial charge >= 0.3 is 11.9 Å². The van der Waals surface area contributed by atoms with Crippen molar-refractivity contribution in [2.24, 2.45) is 92.7 Å². The molecule has 0 heterocycles. The smallest absolute Gasteiger partial charge is 0.303 e. The van der Waals surface area contributed by atoms with Gasteiger partial charge in [-0.3, -0.25) is 14.4 Å². The minimum atomic E-state index is -0.698. The average Bonchev–Trinajstić information content (AvgIpc) is 3.68. The van der Waals surface area contributed by atoms with E-state index in [1.807, 2.05) is 0 Å². The molecule has 0 amide bonds. The number of carboxylic acid groups (broad SMARTS) is 2. The molecule has 318 valence electrons. The second-order valence-electron chi connectivity index (χ2n) is 22.5. The third-order valence-electron chi connectivity index (χ3n) is 20.2. The highest BCUT2D eigenvalue weighted by atomic mass is 16.4. The van der Waals surface area contributed by atoms with Crippen molar-refractivity contribution >= 4 is 17.7 Å². The van der Waals surface area contributed by atoms with E-state index in [1.165, 1.54) is 32.1 Å². The highest BCUT2D eigenvalue weighted by Crippen LogP contribution is 2.70. The zero-order valence-corrected chi connectivity index (χ0v) is 35.8. The first kappa shape index (κ1) is 42.6. The number of carboxylic acids is 2. The fourth-order valence-corrected chi connectivity index (χ4v) is 17.2. The maximum atomic E-state index is 13.3. The molecule has 56 heavy (non-hydrogen) atoms. The summed E-state index contributed by atoms with van der Waals surface area (Å²) in [4.78, 5) is 35.4. The van der Waals surface area contributed by atoms with Gasteiger partial charge in [-0.1, -0.05) is 41.5 Å². The van der Waals surface area contributed by atoms with Crippen molar-refractivity contribution in [3.05, 3.63) is 0 Å². The van der Waals surface area contributed by atoms with E-state index in [2.05, 4.69) is 41.5 Å². The maximum absolute atomic E-state index is 13.3. The lowest BCUT2D eigenvalue weighted by Gasteiger charge is -2.62. The highest BCUT2D eigenvalue weighted by Gasteiger charge is 2.64. The van der Waals surface area contributed by atoms with Crippen LogP contribution < -0.4 is 0 Å². The number of carbonyl (C=O) groups is 3. The van der Waals surface area contributed by atoms with Crippen LogP contribution in [0.3, 0.4) is 0 Å². The first-order valence-corrected chi connectivity index (χ1v) is 23.3. The minimum absolute atomic E-state index is 0.179. The second-order valence-corrected chi connectivity index (χ2v) is 22.5. The molecule has 8 fully saturated rings. The lowest BCUT2D eigenvalue weighted by atomic mass is 9.43. The van der Waals surface area contributed by atoms with Gasteiger partial charge in [0.2, 0.25) is 0 Å². The zero-order chi connectivity index (χ0) is 40.5. The molecule has 5 N–H and O–H groups in total. The van der Waals surface area contributed by atoms with Crippen molar-refractivity contribution in [3.8, 4) is 0 Å². The fraction of sp³-hybridized carbons (Fsp3) is 0.938. The third kappa shape index (κ3) is 7.26. The van der Waals surface area contributed by atoms with E-state index in [0.29, 0.717) is 77.3 Å². The van der Waals surface area contributed by atoms with Gasteiger partial charge in [-0.25, -0.2) is 0 Å². The van der Waals surface area contributed by atoms with Crippen molar-refractivity contribution in [2.75, 3.05) is 0 Å². The largest absolute Gasteiger partial charge is 0.481 e. The van der Waals surface area contributed by atoms with Crippen LogP contribution in [0.4, 0.5) is 0 Å². The summed E-state index contributed by atoms with van der Waals surface area (Å²) in [7, 11) is 0. The molecule has 0 aromatic carbocycles. The molecule has 8 nitrogen and oxygen atoms in total. The van der Waals surface area contributed by atoms with Gasteiger partial charge in [-0.05, 0) is 196 Å². The Morgan fingerprint density at radius 1 is 0.589 bits per heavy atom. The standard InChI is InChI=1S/C24H40O4.C24H38O4/c2*1-14(4-7-21(27)28)17-5-6-18-22-19(9-11-24(17,18)3)23(2)10-8-16(25)12-15(23)13-20(22)26/h14-20,22,25-26H,4-13H2,1-3H3,(H,27,28);14-19,22,25H,4-13H2,1-3H3,(H,27,28)/t14-,15+,16-,17-,18+,19+,20+,22+,23+,24-;14-,15+,16-,17-,18+,19+,22+,23+,24-/m11/s1. The quantitative estimate of drug-likeness (QED) is 0.164. The molecule has 0 spiro atoms. The zero-order valence-electron chi connectivity index (χ0n) is 35.8. The Hall–Kier alpha value is -1.51. The van der Waals surface area contributed by atoms with Crippen LogP contribution in [0.1, 0.15) is 170 Å². The fourth-order valence-electron chi connectivity index (χ4n) is 17.2. The van der Waals surface area contributed by atoms with Gasteiger partial charge < -0.3 is 25.5 Å². The summed E-state index contributed by atoms with van der Waals surface area (Å²) in [5, 5.41) is 49.8. The van der Waals surface area contributed by atoms with E-state index in [0.717, 1.165) is 77.0 Å². The number of aliphatic hydroxyl groups is 3. The number of ketones is 1. The van der Waals surface area contributed by atoms with Gasteiger partial charge in [0.1, 0.15) is 5.78 Å². The van der Waals surface area contributed by atoms with Crippen molar-refractivity contribution in [2.45, 2.75) is 188 Å². The van der Waals surface area contributed by atoms with Crippen LogP contribution in [-0.2, 0) is 14.4 Å². The molecular formula is C48H78O8. The molecule has 0 aromatic rings. The van der Waals surface area contributed by atoms with Gasteiger partial charge in [-0.2, -0.15) is 0 Å². The highest BCUT2D eigenvalue weighted by molar-refractivity contribution is 5.83. The Labute approximate surface area is 337 Å². The monoisotopic (exact) mass is 783 g/mol. The normalized spacial score (nSPS) is 50.4. The molecule has 8 rings (SSSR count). The Morgan fingerprint density at radius 3 is 1.57 bits per heavy atom. The van der Waals surface area contributed by atoms with E-state index in [9.17, 15) is 29.7 Å². The van der Waals surface area contributed by atoms with Crippen molar-refractivity contribution < 1.29 is 39.9 Å². The predicted molar refractivity (Wildman–Crippen MR) is 216 cm³/mol. The van der Waals surface area contributed by atoms with Gasteiger partial charge in [0.25, 0.3) is 0 Å². The molecule has 0 unspecified atom stereocenters. The third-order valence-corrected chi connectivity index (χ3v) is 20.2. The summed E-state index contributed by atoms with van der Waals surface area (Å²) in [6, 6.07) is 0. The molecule has 0 aliphatic heterocycles. The number of fused-ring (bicyclic) bond motifs is 10. The summed E-state index contributed by atoms with van der Waals surface area (Å²) in [5.74, 6) is 4.60. The number of aliphatic hydroxyl groups excluding tert-OH is 3. The molecular weight excluding hydrogens is 705 g/mol. The summed E-state index contributed by atoms with van der Waals surface area (Å²) >= 11 is 0. The minimum Gasteiger partial charge on any atom is -0.481 e. The molecule has 8 heteroatoms. The number of hydrogen-bond donors (Lipinski definition) is 5. The molecule has 8 saturated carbocycles. The van der Waals surface area contributed by atoms with Gasteiger partial charge in [-0.15, -0.1) is 0 Å². The molecule has 0 radical (unpaired) electrons. The second kappa shape index (κ2) is 15.8. The topological polar surface area (TPSA) is 152 Å². The maximum Gasteiger partial charge on any atom is 0.303 e. The number of rotatable bonds is 8. The summed E-state index contributed by atoms with van der Waals surface area (Å²) < 4.78 is 0. The van der Waals surface area contributed by atoms with Crippen LogP contribution in [0.2, 0.25) is 0 Å². The Kier molecular flexibility index (Phi) is 12.0. The van der Waals surface area contributed by atoms with Crippen LogP contribution in [0.15, 0.2) is 0 Å². The van der Waals surface area contributed by atoms with Crippen LogP contribution in [0.25, 0.3) is 0 Å². The lowest BCUT2D eigenvalue weighted by Crippen LogP contribution is -2.58. The number of Topliss-reactive ketones (excluding diaryl/α,β-unsaturated/α-hetero) is 1. The van der Waals surface area contributed by atoms with E-state index >= 15 is 0 Å². The van der Waals surface area contributed by atoms with Crippen molar-refractivity contribution in [1.82, 2.24) is 0 Å². The van der Waals surface area contributed by atoms with Crippen LogP contribution >= 0.6 is 0 Å². The molecule has 8 aliphatic rings. The number of hydrogen-bond acceptors (Lipinski definition) is 6. The van der Waals surface area contributed by atoms with Crippen molar-refractivity contribution in [3.63, 3.8) is 0 Å². The average molecular weight is 783 g/mol. The molecule has 19 atom stereocenters. The van der Waals surface area contributed by atoms with Crippen LogP contribution in [-0.4, -0.2) is 61.6 Å². The van der Waals surface area contributed by atoms with E-state index in [-0.39, 0.29) is 58.7 Å². The van der Waals surface area contributed by atoms with E-state index < -0.39 is 11.9 Å². The molecule has 0 bridgehead atoms. The first-order valence-electron chi connectivity index (χ1n) is 23.3. The lowest BCUT2D eigenvalue weighted by molar-refractivity contribution is -0.174. The SMILES string of the molecule is C[C@H](CCC(=O)O)[C@H]1CC[C@H]2[C@@H]3C(=O)C[C@@H]4C[C@H](O)CC[C@]4(C)[C@H]3CC[C@]12C.C[C@H](CCC(=O)O)[C@H]1CC[C@H]2[C@@H]3[C@@H](O)C[C@@H]4C[C@H](O)CC[C@]4(C)[C@H]3CC[C@]12C. The Morgan fingerprint density at radius 2 is 1.02 bits per heavy atom. The molecule has 8 aliphatic carbocycles. The van der Waals surface area contributed by atoms with Gasteiger partial charge in [0, 0.05) is 25.2 Å². The van der Waals surface area contributed by atoms with Crippen LogP contribution in [0.5, 0.6) is 0 Å². The van der Waals surface area contributed by atoms with E-state index in [1.54, 1.807) is 0 Å². The van der Waals surface area contributed by atoms with Crippen molar-refractivity contribution in [1.29, 1.82) is 0 Å². The van der Waals surface area contributed by atoms with Gasteiger partial charge in [0.05, 0.1) is 18.3 Å². The predicted octanol–water partition coefficient (Wildman–Crippen LogP) is 9.16. The first-order chi connectivity index (χ1) is 26.3. The summed E-state index contributed by atoms with van der Waals surface area (Å²) in [6.07, 6.45) is 18.0. The Balaban J connectivity index is 0.000000172. The molecule has 0 aromatic heterocycles. The van der Waals surface area contributed by atoms with E-state index in [4.69, 9.17) is 10.2 Å². The Bertz CT molecular complexity index is 1460. The number of carbonyl (C=O) groups excluding carboxylic acids is 1. The van der Waals surface area contributed by atoms with Crippen LogP contribution in [0, 0.1) is 92.7 Å². The summed E-state index contributed by atoms with van der Waals surface area (Å²) in [6.45, 7) is 14.2.